The molecule has 0 saturated heterocycles. The molecule has 6 aromatic rings. The predicted molar refractivity (Wildman–Crippen MR) is 160 cm³/mol. The van der Waals surface area contributed by atoms with Crippen LogP contribution in [0.2, 0.25) is 0 Å². The monoisotopic (exact) mass is 513 g/mol. The maximum Gasteiger partial charge on any atom is 0.261 e. The van der Waals surface area contributed by atoms with Gasteiger partial charge in [-0.15, -0.1) is 0 Å². The van der Waals surface area contributed by atoms with Gasteiger partial charge in [0.05, 0.1) is 0 Å². The molecule has 6 heteroatoms. The zero-order valence-corrected chi connectivity index (χ0v) is 21.3. The number of hydrogen-bond donors (Lipinski definition) is 0. The summed E-state index contributed by atoms with van der Waals surface area (Å²) in [4.78, 5) is 0. The Morgan fingerprint density at radius 1 is 0.550 bits per heavy atom. The summed E-state index contributed by atoms with van der Waals surface area (Å²) < 4.78 is 25.4. The summed E-state index contributed by atoms with van der Waals surface area (Å²) in [5, 5.41) is 2.21. The number of para-hydroxylation sites is 2. The summed E-state index contributed by atoms with van der Waals surface area (Å²) in [5.74, 6) is 6.60. The zero-order valence-electron chi connectivity index (χ0n) is 21.3. The Morgan fingerprint density at radius 2 is 1.25 bits per heavy atom. The summed E-state index contributed by atoms with van der Waals surface area (Å²) in [6, 6.07) is 38.7. The lowest BCUT2D eigenvalue weighted by Gasteiger charge is -2.33. The normalized spacial score (nSPS) is 13.2. The molecule has 9 rings (SSSR count). The molecule has 0 fully saturated rings. The fourth-order valence-electron chi connectivity index (χ4n) is 6.19. The van der Waals surface area contributed by atoms with Gasteiger partial charge in [-0.1, -0.05) is 60.7 Å². The minimum absolute atomic E-state index is 0.0170. The molecule has 0 spiro atoms. The summed E-state index contributed by atoms with van der Waals surface area (Å²) in [6.07, 6.45) is 0. The second kappa shape index (κ2) is 8.20. The van der Waals surface area contributed by atoms with Crippen molar-refractivity contribution in [2.75, 3.05) is 0 Å². The van der Waals surface area contributed by atoms with Crippen molar-refractivity contribution in [3.8, 4) is 46.0 Å². The molecule has 0 unspecified atom stereocenters. The summed E-state index contributed by atoms with van der Waals surface area (Å²) in [6.45, 7) is 0.0170. The van der Waals surface area contributed by atoms with Gasteiger partial charge in [-0.3, -0.25) is 0 Å². The van der Waals surface area contributed by atoms with Gasteiger partial charge < -0.3 is 18.9 Å². The number of fused-ring (bicyclic) bond motifs is 8. The molecule has 3 aliphatic rings. The molecule has 0 N–H and O–H groups in total. The molecule has 0 bridgehead atoms. The zero-order chi connectivity index (χ0) is 26.2. The van der Waals surface area contributed by atoms with Gasteiger partial charge >= 0.3 is 0 Å². The van der Waals surface area contributed by atoms with E-state index in [0.717, 1.165) is 84.1 Å². The number of rotatable bonds is 2. The first-order chi connectivity index (χ1) is 19.8. The van der Waals surface area contributed by atoms with Crippen LogP contribution in [0.1, 0.15) is 0 Å². The lowest BCUT2D eigenvalue weighted by molar-refractivity contribution is 0.464. The third-order valence-electron chi connectivity index (χ3n) is 7.96. The van der Waals surface area contributed by atoms with Crippen molar-refractivity contribution in [2.45, 2.75) is 0 Å². The standard InChI is InChI=1S/C34H19B2O4/c1-3-9-25-23(7-1)35-32-27(11-5-12-28(32)38-25)37-21-16-17-22-20(19-21)15-18-31-33(22)36-24-8-2-4-10-26(24)39-29-13-6-14-30(40-31)34(29)36/h1-19H. The summed E-state index contributed by atoms with van der Waals surface area (Å²) in [5.41, 5.74) is 5.34. The average molecular weight is 513 g/mol. The molecule has 4 nitrogen and oxygen atoms in total. The summed E-state index contributed by atoms with van der Waals surface area (Å²) >= 11 is 0. The van der Waals surface area contributed by atoms with Gasteiger partial charge in [0, 0.05) is 10.9 Å². The van der Waals surface area contributed by atoms with Crippen LogP contribution in [0.5, 0.6) is 46.0 Å². The second-order valence-electron chi connectivity index (χ2n) is 10.3. The first-order valence-corrected chi connectivity index (χ1v) is 13.4. The third kappa shape index (κ3) is 3.16. The molecule has 185 valence electrons. The average Bonchev–Trinajstić information content (AvgIpc) is 3.00. The fourth-order valence-corrected chi connectivity index (χ4v) is 6.19. The van der Waals surface area contributed by atoms with Crippen LogP contribution in [0.25, 0.3) is 10.8 Å². The quantitative estimate of drug-likeness (QED) is 0.301. The van der Waals surface area contributed by atoms with Crippen LogP contribution in [0.3, 0.4) is 0 Å². The van der Waals surface area contributed by atoms with Gasteiger partial charge in [0.25, 0.3) is 6.71 Å². The Balaban J connectivity index is 1.14. The van der Waals surface area contributed by atoms with E-state index >= 15 is 0 Å². The first-order valence-electron chi connectivity index (χ1n) is 13.4. The minimum atomic E-state index is 0.0170. The van der Waals surface area contributed by atoms with Crippen molar-refractivity contribution in [1.29, 1.82) is 0 Å². The van der Waals surface area contributed by atoms with E-state index in [9.17, 15) is 0 Å². The molecule has 0 aromatic heterocycles. The smallest absolute Gasteiger partial charge is 0.261 e. The van der Waals surface area contributed by atoms with E-state index in [1.165, 1.54) is 0 Å². The largest absolute Gasteiger partial charge is 0.458 e. The van der Waals surface area contributed by atoms with Crippen molar-refractivity contribution in [3.05, 3.63) is 115 Å². The molecule has 40 heavy (non-hydrogen) atoms. The van der Waals surface area contributed by atoms with Crippen molar-refractivity contribution in [3.63, 3.8) is 0 Å². The molecule has 3 aliphatic heterocycles. The Hall–Kier alpha value is -5.09. The highest BCUT2D eigenvalue weighted by Crippen LogP contribution is 2.37. The molecule has 0 saturated carbocycles. The highest BCUT2D eigenvalue weighted by atomic mass is 16.5. The van der Waals surface area contributed by atoms with E-state index in [0.29, 0.717) is 0 Å². The number of benzene rings is 6. The predicted octanol–water partition coefficient (Wildman–Crippen LogP) is 5.12. The number of ether oxygens (including phenoxy) is 4. The number of hydrogen-bond acceptors (Lipinski definition) is 4. The van der Waals surface area contributed by atoms with Crippen molar-refractivity contribution < 1.29 is 18.9 Å². The highest BCUT2D eigenvalue weighted by molar-refractivity contribution is 6.99. The molecule has 3 heterocycles. The van der Waals surface area contributed by atoms with E-state index in [2.05, 4.69) is 43.7 Å². The van der Waals surface area contributed by atoms with Crippen LogP contribution in [0.15, 0.2) is 115 Å². The van der Waals surface area contributed by atoms with Crippen LogP contribution < -0.4 is 46.3 Å². The Bertz CT molecular complexity index is 2000. The van der Waals surface area contributed by atoms with E-state index in [-0.39, 0.29) is 6.71 Å². The van der Waals surface area contributed by atoms with Crippen LogP contribution in [0.4, 0.5) is 0 Å². The van der Waals surface area contributed by atoms with Crippen LogP contribution in [-0.4, -0.2) is 14.0 Å². The van der Waals surface area contributed by atoms with Gasteiger partial charge in [0.2, 0.25) is 7.28 Å². The molecule has 0 aliphatic carbocycles. The molecular weight excluding hydrogens is 494 g/mol. The van der Waals surface area contributed by atoms with Gasteiger partial charge in [0.15, 0.2) is 0 Å². The van der Waals surface area contributed by atoms with E-state index in [1.54, 1.807) is 0 Å². The maximum absolute atomic E-state index is 6.48. The molecular formula is C34H19B2O4. The molecule has 0 amide bonds. The van der Waals surface area contributed by atoms with Crippen LogP contribution in [0, 0.1) is 0 Å². The van der Waals surface area contributed by atoms with Gasteiger partial charge in [-0.05, 0) is 81.8 Å². The molecule has 1 radical (unpaired) electrons. The lowest BCUT2D eigenvalue weighted by atomic mass is 9.34. The highest BCUT2D eigenvalue weighted by Gasteiger charge is 2.40. The van der Waals surface area contributed by atoms with E-state index in [4.69, 9.17) is 18.9 Å². The molecule has 6 aromatic carbocycles. The topological polar surface area (TPSA) is 36.9 Å². The first kappa shape index (κ1) is 21.8. The third-order valence-corrected chi connectivity index (χ3v) is 7.96. The van der Waals surface area contributed by atoms with Gasteiger partial charge in [-0.2, -0.15) is 0 Å². The van der Waals surface area contributed by atoms with E-state index in [1.807, 2.05) is 78.9 Å². The summed E-state index contributed by atoms with van der Waals surface area (Å²) in [7, 11) is 2.12. The maximum atomic E-state index is 6.48. The fraction of sp³-hybridized carbons (Fsp3) is 0. The van der Waals surface area contributed by atoms with Gasteiger partial charge in [0.1, 0.15) is 46.0 Å². The van der Waals surface area contributed by atoms with E-state index < -0.39 is 0 Å². The Kier molecular flexibility index (Phi) is 4.47. The van der Waals surface area contributed by atoms with Crippen molar-refractivity contribution in [2.24, 2.45) is 0 Å². The molecule has 0 atom stereocenters. The lowest BCUT2D eigenvalue weighted by Crippen LogP contribution is -2.57. The van der Waals surface area contributed by atoms with Crippen molar-refractivity contribution >= 4 is 52.1 Å². The SMILES string of the molecule is [B]1c2ccccc2Oc2cccc(Oc3ccc4c5c(ccc4c3)Oc3cccc4c3B5c3ccccc3O4)c21. The van der Waals surface area contributed by atoms with Crippen LogP contribution >= 0.6 is 0 Å². The van der Waals surface area contributed by atoms with Gasteiger partial charge in [-0.25, -0.2) is 0 Å². The Labute approximate surface area is 232 Å². The Morgan fingerprint density at radius 3 is 2.17 bits per heavy atom. The second-order valence-corrected chi connectivity index (χ2v) is 10.3. The minimum Gasteiger partial charge on any atom is -0.458 e. The van der Waals surface area contributed by atoms with Crippen molar-refractivity contribution in [1.82, 2.24) is 0 Å². The van der Waals surface area contributed by atoms with Crippen LogP contribution in [-0.2, 0) is 0 Å².